The van der Waals surface area contributed by atoms with Crippen molar-refractivity contribution >= 4 is 15.7 Å². The van der Waals surface area contributed by atoms with Crippen molar-refractivity contribution in [1.82, 2.24) is 4.31 Å². The van der Waals surface area contributed by atoms with Crippen LogP contribution < -0.4 is 9.64 Å². The summed E-state index contributed by atoms with van der Waals surface area (Å²) >= 11 is 0. The zero-order valence-electron chi connectivity index (χ0n) is 14.1. The van der Waals surface area contributed by atoms with Crippen molar-refractivity contribution in [1.29, 1.82) is 0 Å². The first-order valence-electron chi connectivity index (χ1n) is 8.27. The number of nitrogens with zero attached hydrogens (tertiary/aromatic N) is 2. The summed E-state index contributed by atoms with van der Waals surface area (Å²) < 4.78 is 32.4. The van der Waals surface area contributed by atoms with Gasteiger partial charge in [-0.1, -0.05) is 0 Å². The summed E-state index contributed by atoms with van der Waals surface area (Å²) in [7, 11) is -3.49. The lowest BCUT2D eigenvalue weighted by Crippen LogP contribution is -2.48. The van der Waals surface area contributed by atoms with Crippen molar-refractivity contribution in [3.8, 4) is 11.5 Å². The molecule has 0 bridgehead atoms. The molecule has 2 aromatic carbocycles. The molecule has 0 aliphatic carbocycles. The van der Waals surface area contributed by atoms with Crippen molar-refractivity contribution in [2.45, 2.75) is 11.8 Å². The highest BCUT2D eigenvalue weighted by Crippen LogP contribution is 2.24. The third-order valence-electron chi connectivity index (χ3n) is 4.23. The Morgan fingerprint density at radius 2 is 1.56 bits per heavy atom. The number of hydrogen-bond donors (Lipinski definition) is 1. The predicted molar refractivity (Wildman–Crippen MR) is 96.7 cm³/mol. The highest BCUT2D eigenvalue weighted by molar-refractivity contribution is 7.89. The van der Waals surface area contributed by atoms with Crippen molar-refractivity contribution in [2.24, 2.45) is 0 Å². The first-order valence-corrected chi connectivity index (χ1v) is 9.71. The van der Waals surface area contributed by atoms with E-state index < -0.39 is 10.0 Å². The van der Waals surface area contributed by atoms with E-state index in [9.17, 15) is 13.5 Å². The third-order valence-corrected chi connectivity index (χ3v) is 6.14. The maximum Gasteiger partial charge on any atom is 0.243 e. The lowest BCUT2D eigenvalue weighted by molar-refractivity contribution is 0.340. The summed E-state index contributed by atoms with van der Waals surface area (Å²) in [6, 6.07) is 13.5. The van der Waals surface area contributed by atoms with E-state index in [1.54, 1.807) is 36.4 Å². The number of hydrogen-bond acceptors (Lipinski definition) is 5. The summed E-state index contributed by atoms with van der Waals surface area (Å²) in [4.78, 5) is 2.40. The van der Waals surface area contributed by atoms with Gasteiger partial charge in [0.1, 0.15) is 11.5 Å². The Hall–Kier alpha value is -2.25. The highest BCUT2D eigenvalue weighted by Gasteiger charge is 2.28. The Labute approximate surface area is 148 Å². The van der Waals surface area contributed by atoms with Crippen LogP contribution in [0.25, 0.3) is 0 Å². The maximum atomic E-state index is 12.8. The van der Waals surface area contributed by atoms with Crippen molar-refractivity contribution in [3.05, 3.63) is 48.5 Å². The molecule has 1 saturated heterocycles. The van der Waals surface area contributed by atoms with Crippen LogP contribution in [0.15, 0.2) is 53.4 Å². The fourth-order valence-electron chi connectivity index (χ4n) is 2.87. The van der Waals surface area contributed by atoms with Crippen molar-refractivity contribution in [2.75, 3.05) is 37.7 Å². The number of ether oxygens (including phenoxy) is 1. The number of anilines is 1. The topological polar surface area (TPSA) is 70.1 Å². The number of phenols is 1. The van der Waals surface area contributed by atoms with E-state index in [0.717, 1.165) is 5.69 Å². The standard InChI is InChI=1S/C18H22N2O4S/c1-2-24-17-7-9-18(10-8-17)25(22,23)20-13-11-19(12-14-20)15-3-5-16(21)6-4-15/h3-10,21H,2,11-14H2,1H3. The number of sulfonamides is 1. The van der Waals surface area contributed by atoms with Gasteiger partial charge in [0.15, 0.2) is 0 Å². The molecule has 0 amide bonds. The average molecular weight is 362 g/mol. The van der Waals surface area contributed by atoms with E-state index in [4.69, 9.17) is 4.74 Å². The molecule has 3 rings (SSSR count). The number of piperazine rings is 1. The zero-order chi connectivity index (χ0) is 17.9. The second-order valence-electron chi connectivity index (χ2n) is 5.81. The van der Waals surface area contributed by atoms with E-state index in [1.807, 2.05) is 19.1 Å². The fraction of sp³-hybridized carbons (Fsp3) is 0.333. The Balaban J connectivity index is 1.67. The molecule has 0 unspecified atom stereocenters. The Bertz CT molecular complexity index is 796. The molecule has 6 nitrogen and oxygen atoms in total. The van der Waals surface area contributed by atoms with Crippen LogP contribution in [0.1, 0.15) is 6.92 Å². The van der Waals surface area contributed by atoms with Gasteiger partial charge in [-0.25, -0.2) is 8.42 Å². The molecule has 0 aromatic heterocycles. The van der Waals surface area contributed by atoms with E-state index in [-0.39, 0.29) is 10.6 Å². The largest absolute Gasteiger partial charge is 0.508 e. The van der Waals surface area contributed by atoms with Crippen LogP contribution in [-0.4, -0.2) is 50.6 Å². The van der Waals surface area contributed by atoms with Gasteiger partial charge in [0.2, 0.25) is 10.0 Å². The Morgan fingerprint density at radius 1 is 0.960 bits per heavy atom. The van der Waals surface area contributed by atoms with E-state index in [1.165, 1.54) is 4.31 Å². The maximum absolute atomic E-state index is 12.8. The molecule has 7 heteroatoms. The van der Waals surface area contributed by atoms with E-state index in [0.29, 0.717) is 38.5 Å². The van der Waals surface area contributed by atoms with Crippen LogP contribution in [0.5, 0.6) is 11.5 Å². The molecule has 0 atom stereocenters. The smallest absolute Gasteiger partial charge is 0.243 e. The molecule has 1 heterocycles. The minimum absolute atomic E-state index is 0.223. The summed E-state index contributed by atoms with van der Waals surface area (Å²) in [5.74, 6) is 0.888. The first kappa shape index (κ1) is 17.6. The summed E-state index contributed by atoms with van der Waals surface area (Å²) in [6.45, 7) is 4.51. The molecule has 1 aliphatic heterocycles. The van der Waals surface area contributed by atoms with Gasteiger partial charge >= 0.3 is 0 Å². The number of aromatic hydroxyl groups is 1. The second kappa shape index (κ2) is 7.33. The normalized spacial score (nSPS) is 16.0. The Kier molecular flexibility index (Phi) is 5.15. The predicted octanol–water partition coefficient (Wildman–Crippen LogP) is 2.30. The van der Waals surface area contributed by atoms with E-state index >= 15 is 0 Å². The van der Waals surface area contributed by atoms with Gasteiger partial charge in [-0.2, -0.15) is 4.31 Å². The fourth-order valence-corrected chi connectivity index (χ4v) is 4.30. The van der Waals surface area contributed by atoms with Crippen LogP contribution in [0.4, 0.5) is 5.69 Å². The van der Waals surface area contributed by atoms with Gasteiger partial charge < -0.3 is 14.7 Å². The number of rotatable bonds is 5. The van der Waals surface area contributed by atoms with Gasteiger partial charge in [-0.05, 0) is 55.5 Å². The quantitative estimate of drug-likeness (QED) is 0.884. The van der Waals surface area contributed by atoms with Gasteiger partial charge in [-0.15, -0.1) is 0 Å². The molecule has 1 aliphatic rings. The number of phenolic OH excluding ortho intramolecular Hbond substituents is 1. The highest BCUT2D eigenvalue weighted by atomic mass is 32.2. The summed E-state index contributed by atoms with van der Waals surface area (Å²) in [5, 5.41) is 9.37. The van der Waals surface area contributed by atoms with Crippen molar-refractivity contribution < 1.29 is 18.3 Å². The van der Waals surface area contributed by atoms with Gasteiger partial charge in [-0.3, -0.25) is 0 Å². The summed E-state index contributed by atoms with van der Waals surface area (Å²) in [6.07, 6.45) is 0. The lowest BCUT2D eigenvalue weighted by Gasteiger charge is -2.35. The molecular weight excluding hydrogens is 340 g/mol. The van der Waals surface area contributed by atoms with Crippen LogP contribution in [0.2, 0.25) is 0 Å². The van der Waals surface area contributed by atoms with Gasteiger partial charge in [0.25, 0.3) is 0 Å². The number of benzene rings is 2. The minimum atomic E-state index is -3.49. The zero-order valence-corrected chi connectivity index (χ0v) is 14.9. The molecule has 134 valence electrons. The minimum Gasteiger partial charge on any atom is -0.508 e. The lowest BCUT2D eigenvalue weighted by atomic mass is 10.2. The molecule has 0 saturated carbocycles. The first-order chi connectivity index (χ1) is 12.0. The van der Waals surface area contributed by atoms with Gasteiger partial charge in [0, 0.05) is 31.9 Å². The SMILES string of the molecule is CCOc1ccc(S(=O)(=O)N2CCN(c3ccc(O)cc3)CC2)cc1. The van der Waals surface area contributed by atoms with Crippen LogP contribution in [-0.2, 0) is 10.0 Å². The molecule has 1 fully saturated rings. The molecule has 0 spiro atoms. The van der Waals surface area contributed by atoms with Crippen LogP contribution in [0, 0.1) is 0 Å². The molecule has 1 N–H and O–H groups in total. The van der Waals surface area contributed by atoms with Crippen LogP contribution >= 0.6 is 0 Å². The molecule has 25 heavy (non-hydrogen) atoms. The van der Waals surface area contributed by atoms with Crippen molar-refractivity contribution in [3.63, 3.8) is 0 Å². The Morgan fingerprint density at radius 3 is 2.12 bits per heavy atom. The van der Waals surface area contributed by atoms with Crippen LogP contribution in [0.3, 0.4) is 0 Å². The van der Waals surface area contributed by atoms with Gasteiger partial charge in [0.05, 0.1) is 11.5 Å². The van der Waals surface area contributed by atoms with E-state index in [2.05, 4.69) is 4.90 Å². The summed E-state index contributed by atoms with van der Waals surface area (Å²) in [5.41, 5.74) is 0.982. The molecule has 0 radical (unpaired) electrons. The third kappa shape index (κ3) is 3.88. The molecular formula is C18H22N2O4S. The monoisotopic (exact) mass is 362 g/mol. The average Bonchev–Trinajstić information content (AvgIpc) is 2.63. The second-order valence-corrected chi connectivity index (χ2v) is 7.75. The molecule has 2 aromatic rings.